The predicted molar refractivity (Wildman–Crippen MR) is 416 cm³/mol. The summed E-state index contributed by atoms with van der Waals surface area (Å²) in [7, 11) is 3.40. The van der Waals surface area contributed by atoms with Crippen molar-refractivity contribution >= 4 is 54.5 Å². The summed E-state index contributed by atoms with van der Waals surface area (Å²) in [5.41, 5.74) is 25.9. The van der Waals surface area contributed by atoms with Crippen LogP contribution >= 0.6 is 0 Å². The van der Waals surface area contributed by atoms with Crippen LogP contribution in [0.2, 0.25) is 0 Å². The van der Waals surface area contributed by atoms with Gasteiger partial charge in [-0.2, -0.15) is 0 Å². The number of aromatic amines is 5. The molecule has 5 N–H and O–H groups in total. The molecule has 0 amide bonds. The zero-order chi connectivity index (χ0) is 69.8. The average molecular weight is 1290 g/mol. The van der Waals surface area contributed by atoms with Gasteiger partial charge in [-0.3, -0.25) is 4.98 Å². The highest BCUT2D eigenvalue weighted by Gasteiger charge is 2.26. The number of methoxy groups -OCH3 is 2. The lowest BCUT2D eigenvalue weighted by Gasteiger charge is -2.25. The number of fused-ring (bicyclic) bond motifs is 5. The molecule has 0 spiro atoms. The summed E-state index contributed by atoms with van der Waals surface area (Å²) in [6.45, 7) is 40.4. The molecule has 0 fully saturated rings. The van der Waals surface area contributed by atoms with E-state index in [2.05, 4.69) is 312 Å². The number of nitrogens with zero attached hydrogens (tertiary/aromatic N) is 1. The number of ether oxygens (including phenoxy) is 2. The fourth-order valence-corrected chi connectivity index (χ4v) is 12.8. The number of pyridine rings is 1. The third kappa shape index (κ3) is 16.2. The van der Waals surface area contributed by atoms with Crippen molar-refractivity contribution in [1.29, 1.82) is 0 Å². The van der Waals surface area contributed by atoms with E-state index in [0.29, 0.717) is 5.92 Å². The van der Waals surface area contributed by atoms with Gasteiger partial charge in [-0.25, -0.2) is 0 Å². The van der Waals surface area contributed by atoms with E-state index in [1.54, 1.807) is 14.2 Å². The fraction of sp³-hybridized carbons (Fsp3) is 0.292. The molecule has 0 aliphatic carbocycles. The summed E-state index contributed by atoms with van der Waals surface area (Å²) in [6, 6.07) is 63.0. The van der Waals surface area contributed by atoms with Crippen molar-refractivity contribution < 1.29 is 9.47 Å². The predicted octanol–water partition coefficient (Wildman–Crippen LogP) is 24.8. The van der Waals surface area contributed by atoms with Crippen LogP contribution in [-0.4, -0.2) is 44.1 Å². The first-order valence-electron chi connectivity index (χ1n) is 34.2. The lowest BCUT2D eigenvalue weighted by Crippen LogP contribution is -2.13. The van der Waals surface area contributed by atoms with E-state index < -0.39 is 0 Å². The van der Waals surface area contributed by atoms with E-state index in [1.165, 1.54) is 121 Å². The highest BCUT2D eigenvalue weighted by Crippen LogP contribution is 2.45. The summed E-state index contributed by atoms with van der Waals surface area (Å²) in [6.07, 6.45) is 13.8. The second-order valence-electron chi connectivity index (χ2n) is 31.3. The summed E-state index contributed by atoms with van der Waals surface area (Å²) in [4.78, 5) is 20.8. The molecule has 0 atom stereocenters. The number of nitrogens with one attached hydrogen (secondary N) is 5. The maximum absolute atomic E-state index is 5.62. The van der Waals surface area contributed by atoms with Gasteiger partial charge in [0.15, 0.2) is 0 Å². The maximum atomic E-state index is 5.62. The van der Waals surface area contributed by atoms with Gasteiger partial charge < -0.3 is 34.4 Å². The molecule has 14 rings (SSSR count). The van der Waals surface area contributed by atoms with Gasteiger partial charge in [0.05, 0.1) is 19.8 Å². The second kappa shape index (κ2) is 28.5. The van der Waals surface area contributed by atoms with Gasteiger partial charge in [0, 0.05) is 81.9 Å². The van der Waals surface area contributed by atoms with E-state index in [-0.39, 0.29) is 27.1 Å². The van der Waals surface area contributed by atoms with Gasteiger partial charge in [-0.1, -0.05) is 197 Å². The number of aromatic nitrogens is 6. The van der Waals surface area contributed by atoms with Crippen molar-refractivity contribution in [2.24, 2.45) is 0 Å². The Labute approximate surface area is 576 Å². The first-order valence-corrected chi connectivity index (χ1v) is 34.2. The van der Waals surface area contributed by atoms with Crippen LogP contribution in [0, 0.1) is 6.92 Å². The molecule has 14 aromatic rings. The summed E-state index contributed by atoms with van der Waals surface area (Å²) >= 11 is 0. The van der Waals surface area contributed by atoms with Crippen LogP contribution in [0.4, 0.5) is 0 Å². The number of aryl methyl sites for hydroxylation is 1. The van der Waals surface area contributed by atoms with E-state index in [9.17, 15) is 0 Å². The summed E-state index contributed by atoms with van der Waals surface area (Å²) in [5.74, 6) is 2.22. The van der Waals surface area contributed by atoms with Crippen LogP contribution in [-0.2, 0) is 27.1 Å². The van der Waals surface area contributed by atoms with Crippen molar-refractivity contribution in [1.82, 2.24) is 29.9 Å². The van der Waals surface area contributed by atoms with Gasteiger partial charge in [0.25, 0.3) is 0 Å². The molecule has 0 aliphatic heterocycles. The van der Waals surface area contributed by atoms with Crippen molar-refractivity contribution in [2.45, 2.75) is 158 Å². The lowest BCUT2D eigenvalue weighted by molar-refractivity contribution is 0.397. The van der Waals surface area contributed by atoms with Gasteiger partial charge in [0.2, 0.25) is 0 Å². The maximum Gasteiger partial charge on any atom is 0.130 e. The Bertz CT molecular complexity index is 4790. The number of rotatable bonds is 7. The molecule has 6 aromatic heterocycles. The molecular formula is C89H102N6O2. The molecule has 0 saturated heterocycles. The molecule has 0 bridgehead atoms. The van der Waals surface area contributed by atoms with Crippen LogP contribution in [0.3, 0.4) is 0 Å². The molecule has 0 aliphatic rings. The van der Waals surface area contributed by atoms with Crippen LogP contribution in [0.25, 0.3) is 99.0 Å². The highest BCUT2D eigenvalue weighted by atomic mass is 16.5. The summed E-state index contributed by atoms with van der Waals surface area (Å²) in [5, 5.41) is 6.30. The third-order valence-corrected chi connectivity index (χ3v) is 18.4. The Morgan fingerprint density at radius 2 is 0.763 bits per heavy atom. The number of benzene rings is 8. The molecular weight excluding hydrogens is 1190 g/mol. The Morgan fingerprint density at radius 3 is 1.15 bits per heavy atom. The Morgan fingerprint density at radius 1 is 0.361 bits per heavy atom. The Balaban J connectivity index is 0.000000133. The average Bonchev–Trinajstić information content (AvgIpc) is 1.76. The minimum absolute atomic E-state index is 0.000494. The molecule has 8 heteroatoms. The zero-order valence-electron chi connectivity index (χ0n) is 61.1. The Kier molecular flexibility index (Phi) is 20.6. The second-order valence-corrected chi connectivity index (χ2v) is 31.3. The third-order valence-electron chi connectivity index (χ3n) is 18.4. The van der Waals surface area contributed by atoms with Crippen LogP contribution in [0.1, 0.15) is 163 Å². The molecule has 0 radical (unpaired) electrons. The van der Waals surface area contributed by atoms with Crippen molar-refractivity contribution in [3.63, 3.8) is 0 Å². The SMILES string of the molecule is CC(C)(C)c1cc2[nH]ccc2cc1-c1ccccc1.CC(C)(C)c1cc2[nH]ccc2cc1-c1cccnc1.CC(C)c1ccc(-c2cc3cc[nH]c3cc2C(C)(C)C)cc1.COc1cccc(OC)c1-c1cc2cc[nH]c2cc1C(C)(C)C.Cc1c[nH]c2cc(C(C)(C)C)ccc12. The topological polar surface area (TPSA) is 110 Å². The minimum Gasteiger partial charge on any atom is -0.496 e. The zero-order valence-corrected chi connectivity index (χ0v) is 61.1. The fourth-order valence-electron chi connectivity index (χ4n) is 12.8. The lowest BCUT2D eigenvalue weighted by atomic mass is 9.81. The molecule has 0 saturated carbocycles. The quantitative estimate of drug-likeness (QED) is 0.110. The standard InChI is InChI=1S/C21H25N.C20H23NO2.C18H19N.C17H18N2.C13H17N/c1-14(2)15-6-8-16(9-7-15)18-12-17-10-11-22-20(17)13-19(18)21(3,4)5;1-20(2,3)15-12-16-13(9-10-21-16)11-14(15)19-17(22-4)7-6-8-18(19)23-5;1-18(2,3)16-12-17-14(9-10-19-17)11-15(16)13-7-5-4-6-8-13;1-17(2,3)15-10-16-12(6-8-19-16)9-14(15)13-5-4-7-18-11-13;1-9-8-14-12-7-10(13(2,3)4)5-6-11(9)12/h6-14,22H,1-5H3;6-12,21H,1-5H3;4-12,19H,1-3H3;4-11,19H,1-3H3;5-8,14H,1-4H3. The van der Waals surface area contributed by atoms with Gasteiger partial charge in [-0.05, 0) is 231 Å². The van der Waals surface area contributed by atoms with E-state index in [0.717, 1.165) is 28.1 Å². The van der Waals surface area contributed by atoms with E-state index >= 15 is 0 Å². The first-order chi connectivity index (χ1) is 45.9. The molecule has 8 nitrogen and oxygen atoms in total. The summed E-state index contributed by atoms with van der Waals surface area (Å²) < 4.78 is 11.2. The first kappa shape index (κ1) is 70.0. The smallest absolute Gasteiger partial charge is 0.130 e. The van der Waals surface area contributed by atoms with Crippen molar-refractivity contribution in [3.8, 4) is 56.0 Å². The van der Waals surface area contributed by atoms with Gasteiger partial charge >= 0.3 is 0 Å². The minimum atomic E-state index is 0.000494. The molecule has 500 valence electrons. The number of H-pyrrole nitrogens is 5. The normalized spacial score (nSPS) is 12.0. The van der Waals surface area contributed by atoms with Gasteiger partial charge in [0.1, 0.15) is 11.5 Å². The van der Waals surface area contributed by atoms with Crippen molar-refractivity contribution in [3.05, 3.63) is 258 Å². The monoisotopic (exact) mass is 1290 g/mol. The molecule has 8 aromatic carbocycles. The van der Waals surface area contributed by atoms with Crippen molar-refractivity contribution in [2.75, 3.05) is 14.2 Å². The van der Waals surface area contributed by atoms with Crippen LogP contribution < -0.4 is 9.47 Å². The van der Waals surface area contributed by atoms with Gasteiger partial charge in [-0.15, -0.1) is 0 Å². The van der Waals surface area contributed by atoms with E-state index in [4.69, 9.17) is 9.47 Å². The number of hydrogen-bond acceptors (Lipinski definition) is 3. The highest BCUT2D eigenvalue weighted by molar-refractivity contribution is 5.93. The number of hydrogen-bond donors (Lipinski definition) is 5. The molecule has 97 heavy (non-hydrogen) atoms. The van der Waals surface area contributed by atoms with Crippen LogP contribution in [0.15, 0.2) is 219 Å². The van der Waals surface area contributed by atoms with E-state index in [1.807, 2.05) is 61.4 Å². The van der Waals surface area contributed by atoms with Crippen LogP contribution in [0.5, 0.6) is 11.5 Å². The molecule has 0 unspecified atom stereocenters. The largest absolute Gasteiger partial charge is 0.496 e. The molecule has 6 heterocycles. The Hall–Kier alpha value is -9.79.